The topological polar surface area (TPSA) is 72.8 Å². The van der Waals surface area contributed by atoms with E-state index in [2.05, 4.69) is 0 Å². The van der Waals surface area contributed by atoms with Gasteiger partial charge in [-0.2, -0.15) is 0 Å². The molecule has 0 bridgehead atoms. The van der Waals surface area contributed by atoms with Crippen molar-refractivity contribution in [3.05, 3.63) is 35.9 Å². The Morgan fingerprint density at radius 3 is 1.89 bits per heavy atom. The van der Waals surface area contributed by atoms with Gasteiger partial charge in [0.15, 0.2) is 0 Å². The molecule has 0 aromatic heterocycles. The van der Waals surface area contributed by atoms with Crippen LogP contribution in [0, 0.1) is 10.8 Å². The van der Waals surface area contributed by atoms with E-state index >= 15 is 0 Å². The molecule has 27 heavy (non-hydrogen) atoms. The highest BCUT2D eigenvalue weighted by Crippen LogP contribution is 2.24. The van der Waals surface area contributed by atoms with Crippen LogP contribution in [0.15, 0.2) is 30.3 Å². The third-order valence-electron chi connectivity index (χ3n) is 4.86. The number of hydrogen-bond donors (Lipinski definition) is 1. The van der Waals surface area contributed by atoms with Gasteiger partial charge in [0.1, 0.15) is 5.78 Å². The smallest absolute Gasteiger partial charge is 0.309 e. The van der Waals surface area contributed by atoms with Crippen molar-refractivity contribution in [1.82, 2.24) is 0 Å². The Labute approximate surface area is 163 Å². The zero-order chi connectivity index (χ0) is 20.3. The first-order valence-electron chi connectivity index (χ1n) is 9.61. The summed E-state index contributed by atoms with van der Waals surface area (Å²) >= 11 is 0. The van der Waals surface area contributed by atoms with Crippen LogP contribution < -0.4 is 0 Å². The minimum absolute atomic E-state index is 0.224. The van der Waals surface area contributed by atoms with Gasteiger partial charge in [-0.15, -0.1) is 0 Å². The number of carboxylic acid groups (broad SMARTS) is 1. The van der Waals surface area contributed by atoms with Gasteiger partial charge in [0.05, 0.1) is 5.41 Å². The molecule has 0 saturated heterocycles. The van der Waals surface area contributed by atoms with Gasteiger partial charge in [0, 0.05) is 38.3 Å². The van der Waals surface area contributed by atoms with Crippen molar-refractivity contribution >= 4 is 11.8 Å². The maximum atomic E-state index is 12.5. The summed E-state index contributed by atoms with van der Waals surface area (Å²) in [6, 6.07) is 9.79. The van der Waals surface area contributed by atoms with Gasteiger partial charge in [0.2, 0.25) is 0 Å². The Morgan fingerprint density at radius 1 is 0.852 bits per heavy atom. The molecule has 1 N–H and O–H groups in total. The zero-order valence-electron chi connectivity index (χ0n) is 17.1. The quantitative estimate of drug-likeness (QED) is 0.493. The first-order valence-corrected chi connectivity index (χ1v) is 9.61. The summed E-state index contributed by atoms with van der Waals surface area (Å²) in [5.41, 5.74) is -0.122. The molecular weight excluding hydrogens is 344 g/mol. The number of hydrogen-bond acceptors (Lipinski definition) is 4. The molecule has 0 fully saturated rings. The standard InChI is InChI=1S/C22H34O5/c1-21(2,19(23)17-18-9-6-5-7-10-18)11-15-26-13-8-14-27-16-12-22(3,4)20(24)25/h5-7,9-10H,8,11-17H2,1-4H3,(H,24,25). The summed E-state index contributed by atoms with van der Waals surface area (Å²) in [5.74, 6) is -0.583. The fraction of sp³-hybridized carbons (Fsp3) is 0.636. The second-order valence-electron chi connectivity index (χ2n) is 8.24. The Bertz CT molecular complexity index is 578. The average molecular weight is 379 g/mol. The van der Waals surface area contributed by atoms with Crippen molar-refractivity contribution in [3.63, 3.8) is 0 Å². The molecule has 0 aliphatic heterocycles. The molecule has 0 spiro atoms. The monoisotopic (exact) mass is 378 g/mol. The van der Waals surface area contributed by atoms with Crippen LogP contribution in [0.25, 0.3) is 0 Å². The number of carboxylic acids is 1. The van der Waals surface area contributed by atoms with Gasteiger partial charge in [-0.05, 0) is 38.7 Å². The predicted octanol–water partition coefficient (Wildman–Crippen LogP) is 4.14. The molecule has 1 aromatic rings. The molecule has 0 atom stereocenters. The molecular formula is C22H34O5. The first-order chi connectivity index (χ1) is 12.6. The van der Waals surface area contributed by atoms with Gasteiger partial charge in [-0.3, -0.25) is 9.59 Å². The normalized spacial score (nSPS) is 12.1. The van der Waals surface area contributed by atoms with Crippen LogP contribution in [0.2, 0.25) is 0 Å². The summed E-state index contributed by atoms with van der Waals surface area (Å²) in [6.45, 7) is 9.42. The highest BCUT2D eigenvalue weighted by Gasteiger charge is 2.27. The fourth-order valence-electron chi connectivity index (χ4n) is 2.39. The molecule has 1 aromatic carbocycles. The summed E-state index contributed by atoms with van der Waals surface area (Å²) in [4.78, 5) is 23.5. The Kier molecular flexibility index (Phi) is 9.67. The molecule has 152 valence electrons. The third kappa shape index (κ3) is 9.16. The van der Waals surface area contributed by atoms with E-state index < -0.39 is 16.8 Å². The maximum Gasteiger partial charge on any atom is 0.309 e. The number of ketones is 1. The lowest BCUT2D eigenvalue weighted by Gasteiger charge is -2.23. The largest absolute Gasteiger partial charge is 0.481 e. The summed E-state index contributed by atoms with van der Waals surface area (Å²) in [7, 11) is 0. The molecule has 0 radical (unpaired) electrons. The number of Topliss-reactive ketones (excluding diaryl/α,β-unsaturated/α-hetero) is 1. The number of benzene rings is 1. The molecule has 0 amide bonds. The lowest BCUT2D eigenvalue weighted by molar-refractivity contribution is -0.148. The van der Waals surface area contributed by atoms with E-state index in [0.717, 1.165) is 12.0 Å². The zero-order valence-corrected chi connectivity index (χ0v) is 17.1. The van der Waals surface area contributed by atoms with Gasteiger partial charge in [-0.1, -0.05) is 44.2 Å². The lowest BCUT2D eigenvalue weighted by atomic mass is 9.82. The van der Waals surface area contributed by atoms with Crippen LogP contribution >= 0.6 is 0 Å². The van der Waals surface area contributed by atoms with Crippen molar-refractivity contribution in [3.8, 4) is 0 Å². The minimum Gasteiger partial charge on any atom is -0.481 e. The number of carbonyl (C=O) groups excluding carboxylic acids is 1. The second-order valence-corrected chi connectivity index (χ2v) is 8.24. The second kappa shape index (κ2) is 11.2. The third-order valence-corrected chi connectivity index (χ3v) is 4.86. The summed E-state index contributed by atoms with van der Waals surface area (Å²) < 4.78 is 11.1. The molecule has 0 aliphatic carbocycles. The van der Waals surface area contributed by atoms with E-state index in [4.69, 9.17) is 14.6 Å². The van der Waals surface area contributed by atoms with Crippen LogP contribution in [-0.4, -0.2) is 43.3 Å². The SMILES string of the molecule is CC(C)(CCOCCCOCCC(C)(C)C(=O)Cc1ccccc1)C(=O)O. The van der Waals surface area contributed by atoms with E-state index in [1.165, 1.54) is 0 Å². The molecule has 5 nitrogen and oxygen atoms in total. The van der Waals surface area contributed by atoms with Gasteiger partial charge in [-0.25, -0.2) is 0 Å². The predicted molar refractivity (Wildman–Crippen MR) is 106 cm³/mol. The Hall–Kier alpha value is -1.72. The minimum atomic E-state index is -0.807. The number of aliphatic carboxylic acids is 1. The highest BCUT2D eigenvalue weighted by atomic mass is 16.5. The van der Waals surface area contributed by atoms with Crippen LogP contribution in [-0.2, 0) is 25.5 Å². The van der Waals surface area contributed by atoms with Gasteiger partial charge < -0.3 is 14.6 Å². The molecule has 0 heterocycles. The van der Waals surface area contributed by atoms with E-state index in [1.54, 1.807) is 13.8 Å². The number of rotatable bonds is 14. The number of ether oxygens (including phenoxy) is 2. The molecule has 0 saturated carbocycles. The van der Waals surface area contributed by atoms with Crippen LogP contribution in [0.4, 0.5) is 0 Å². The van der Waals surface area contributed by atoms with Crippen LogP contribution in [0.3, 0.4) is 0 Å². The number of carbonyl (C=O) groups is 2. The average Bonchev–Trinajstić information content (AvgIpc) is 2.60. The maximum absolute atomic E-state index is 12.5. The van der Waals surface area contributed by atoms with E-state index in [0.29, 0.717) is 45.7 Å². The van der Waals surface area contributed by atoms with Crippen LogP contribution in [0.5, 0.6) is 0 Å². The molecule has 1 rings (SSSR count). The van der Waals surface area contributed by atoms with Crippen molar-refractivity contribution in [1.29, 1.82) is 0 Å². The van der Waals surface area contributed by atoms with E-state index in [-0.39, 0.29) is 5.78 Å². The van der Waals surface area contributed by atoms with E-state index in [9.17, 15) is 9.59 Å². The first kappa shape index (κ1) is 23.3. The van der Waals surface area contributed by atoms with Crippen molar-refractivity contribution in [2.24, 2.45) is 10.8 Å². The van der Waals surface area contributed by atoms with Gasteiger partial charge >= 0.3 is 5.97 Å². The van der Waals surface area contributed by atoms with E-state index in [1.807, 2.05) is 44.2 Å². The van der Waals surface area contributed by atoms with Gasteiger partial charge in [0.25, 0.3) is 0 Å². The molecule has 0 aliphatic rings. The lowest BCUT2D eigenvalue weighted by Crippen LogP contribution is -2.27. The molecule has 5 heteroatoms. The summed E-state index contributed by atoms with van der Waals surface area (Å²) in [6.07, 6.45) is 2.38. The summed E-state index contributed by atoms with van der Waals surface area (Å²) in [5, 5.41) is 9.03. The van der Waals surface area contributed by atoms with Crippen molar-refractivity contribution in [2.45, 2.75) is 53.4 Å². The molecule has 0 unspecified atom stereocenters. The van der Waals surface area contributed by atoms with Crippen molar-refractivity contribution in [2.75, 3.05) is 26.4 Å². The highest BCUT2D eigenvalue weighted by molar-refractivity contribution is 5.86. The Morgan fingerprint density at radius 2 is 1.37 bits per heavy atom. The van der Waals surface area contributed by atoms with Crippen molar-refractivity contribution < 1.29 is 24.2 Å². The fourth-order valence-corrected chi connectivity index (χ4v) is 2.39. The van der Waals surface area contributed by atoms with Crippen LogP contribution in [0.1, 0.15) is 52.5 Å². The Balaban J connectivity index is 2.11.